The van der Waals surface area contributed by atoms with Crippen LogP contribution in [0, 0.1) is 0 Å². The van der Waals surface area contributed by atoms with Crippen molar-refractivity contribution in [3.05, 3.63) is 70.2 Å². The van der Waals surface area contributed by atoms with Crippen LogP contribution in [0.4, 0.5) is 0 Å². The molecule has 1 fully saturated rings. The molecule has 1 N–H and O–H groups in total. The normalized spacial score (nSPS) is 15.3. The van der Waals surface area contributed by atoms with E-state index in [0.29, 0.717) is 23.6 Å². The third kappa shape index (κ3) is 4.40. The fourth-order valence-corrected chi connectivity index (χ4v) is 3.09. The molecule has 1 saturated heterocycles. The minimum atomic E-state index is -0.119. The van der Waals surface area contributed by atoms with Gasteiger partial charge in [0.2, 0.25) is 5.91 Å². The molecule has 2 aromatic carbocycles. The Morgan fingerprint density at radius 1 is 1.16 bits per heavy atom. The predicted molar refractivity (Wildman–Crippen MR) is 98.4 cm³/mol. The van der Waals surface area contributed by atoms with Gasteiger partial charge in [-0.25, -0.2) is 0 Å². The van der Waals surface area contributed by atoms with E-state index in [1.807, 2.05) is 48.2 Å². The number of benzene rings is 2. The Morgan fingerprint density at radius 3 is 2.44 bits per heavy atom. The summed E-state index contributed by atoms with van der Waals surface area (Å²) in [5.74, 6) is 0.0878. The second-order valence-corrected chi connectivity index (χ2v) is 6.80. The van der Waals surface area contributed by atoms with Gasteiger partial charge in [0, 0.05) is 30.1 Å². The highest BCUT2D eigenvalue weighted by molar-refractivity contribution is 6.30. The quantitative estimate of drug-likeness (QED) is 0.881. The summed E-state index contributed by atoms with van der Waals surface area (Å²) in [5.41, 5.74) is 2.65. The molecule has 1 aliphatic heterocycles. The van der Waals surface area contributed by atoms with Crippen LogP contribution in [0.15, 0.2) is 48.5 Å². The van der Waals surface area contributed by atoms with Gasteiger partial charge in [0.05, 0.1) is 6.04 Å². The van der Waals surface area contributed by atoms with Crippen molar-refractivity contribution < 1.29 is 9.59 Å². The van der Waals surface area contributed by atoms with Crippen molar-refractivity contribution >= 4 is 23.4 Å². The Morgan fingerprint density at radius 2 is 1.84 bits per heavy atom. The zero-order chi connectivity index (χ0) is 17.8. The number of likely N-dealkylation sites (tertiary alicyclic amines) is 1. The summed E-state index contributed by atoms with van der Waals surface area (Å²) in [6, 6.07) is 14.8. The maximum Gasteiger partial charge on any atom is 0.251 e. The Kier molecular flexibility index (Phi) is 5.39. The van der Waals surface area contributed by atoms with Crippen molar-refractivity contribution in [2.24, 2.45) is 0 Å². The van der Waals surface area contributed by atoms with Gasteiger partial charge in [-0.15, -0.1) is 0 Å². The fourth-order valence-electron chi connectivity index (χ4n) is 2.97. The molecule has 1 atom stereocenters. The average Bonchev–Trinajstić information content (AvgIpc) is 3.01. The summed E-state index contributed by atoms with van der Waals surface area (Å²) in [4.78, 5) is 25.9. The second kappa shape index (κ2) is 7.70. The standard InChI is InChI=1S/C20H21ClN2O2/c1-14(16-8-10-18(21)11-9-16)22-20(25)17-6-4-15(5-7-17)13-23-12-2-3-19(23)24/h4-11,14H,2-3,12-13H2,1H3,(H,22,25)/t14-/m0/s1. The molecule has 3 rings (SSSR count). The van der Waals surface area contributed by atoms with E-state index in [1.165, 1.54) is 0 Å². The second-order valence-electron chi connectivity index (χ2n) is 6.36. The minimum absolute atomic E-state index is 0.105. The summed E-state index contributed by atoms with van der Waals surface area (Å²) in [6.07, 6.45) is 1.57. The third-order valence-electron chi connectivity index (χ3n) is 4.48. The number of rotatable bonds is 5. The van der Waals surface area contributed by atoms with Gasteiger partial charge in [0.15, 0.2) is 0 Å². The van der Waals surface area contributed by atoms with Crippen LogP contribution in [0.2, 0.25) is 5.02 Å². The first-order valence-electron chi connectivity index (χ1n) is 8.46. The number of carbonyl (C=O) groups excluding carboxylic acids is 2. The lowest BCUT2D eigenvalue weighted by Gasteiger charge is -2.16. The van der Waals surface area contributed by atoms with Crippen molar-refractivity contribution in [1.82, 2.24) is 10.2 Å². The first kappa shape index (κ1) is 17.5. The van der Waals surface area contributed by atoms with Crippen LogP contribution in [0.1, 0.15) is 47.3 Å². The molecule has 0 saturated carbocycles. The van der Waals surface area contributed by atoms with Gasteiger partial charge in [-0.2, -0.15) is 0 Å². The summed E-state index contributed by atoms with van der Waals surface area (Å²) in [7, 11) is 0. The number of nitrogens with one attached hydrogen (secondary N) is 1. The predicted octanol–water partition coefficient (Wildman–Crippen LogP) is 3.95. The van der Waals surface area contributed by atoms with Crippen LogP contribution < -0.4 is 5.32 Å². The van der Waals surface area contributed by atoms with Crippen molar-refractivity contribution in [3.8, 4) is 0 Å². The number of hydrogen-bond donors (Lipinski definition) is 1. The zero-order valence-corrected chi connectivity index (χ0v) is 14.9. The number of hydrogen-bond acceptors (Lipinski definition) is 2. The summed E-state index contributed by atoms with van der Waals surface area (Å²) >= 11 is 5.89. The van der Waals surface area contributed by atoms with E-state index in [4.69, 9.17) is 11.6 Å². The van der Waals surface area contributed by atoms with E-state index in [2.05, 4.69) is 5.32 Å². The summed E-state index contributed by atoms with van der Waals surface area (Å²) in [6.45, 7) is 3.37. The number of carbonyl (C=O) groups is 2. The van der Waals surface area contributed by atoms with Crippen LogP contribution in [-0.2, 0) is 11.3 Å². The molecule has 0 aliphatic carbocycles. The average molecular weight is 357 g/mol. The molecule has 0 aromatic heterocycles. The van der Waals surface area contributed by atoms with Gasteiger partial charge < -0.3 is 10.2 Å². The molecule has 25 heavy (non-hydrogen) atoms. The van der Waals surface area contributed by atoms with Gasteiger partial charge in [-0.1, -0.05) is 35.9 Å². The largest absolute Gasteiger partial charge is 0.346 e. The number of nitrogens with zero attached hydrogens (tertiary/aromatic N) is 1. The molecule has 0 spiro atoms. The van der Waals surface area contributed by atoms with E-state index in [0.717, 1.165) is 24.1 Å². The van der Waals surface area contributed by atoms with E-state index in [1.54, 1.807) is 12.1 Å². The molecule has 130 valence electrons. The molecular weight excluding hydrogens is 336 g/mol. The molecule has 0 bridgehead atoms. The fraction of sp³-hybridized carbons (Fsp3) is 0.300. The van der Waals surface area contributed by atoms with Crippen LogP contribution in [0.5, 0.6) is 0 Å². The van der Waals surface area contributed by atoms with Crippen LogP contribution >= 0.6 is 11.6 Å². The first-order valence-corrected chi connectivity index (χ1v) is 8.84. The highest BCUT2D eigenvalue weighted by atomic mass is 35.5. The van der Waals surface area contributed by atoms with Gasteiger partial charge in [0.1, 0.15) is 0 Å². The van der Waals surface area contributed by atoms with Crippen LogP contribution in [0.3, 0.4) is 0 Å². The Balaban J connectivity index is 1.60. The van der Waals surface area contributed by atoms with E-state index in [9.17, 15) is 9.59 Å². The highest BCUT2D eigenvalue weighted by Gasteiger charge is 2.20. The van der Waals surface area contributed by atoms with Gasteiger partial charge in [0.25, 0.3) is 5.91 Å². The lowest BCUT2D eigenvalue weighted by molar-refractivity contribution is -0.128. The van der Waals surface area contributed by atoms with Crippen LogP contribution in [-0.4, -0.2) is 23.3 Å². The molecular formula is C20H21ClN2O2. The minimum Gasteiger partial charge on any atom is -0.346 e. The molecule has 1 aliphatic rings. The molecule has 5 heteroatoms. The molecule has 1 heterocycles. The first-order chi connectivity index (χ1) is 12.0. The van der Waals surface area contributed by atoms with E-state index in [-0.39, 0.29) is 17.9 Å². The third-order valence-corrected chi connectivity index (χ3v) is 4.73. The monoisotopic (exact) mass is 356 g/mol. The van der Waals surface area contributed by atoms with E-state index < -0.39 is 0 Å². The SMILES string of the molecule is C[C@H](NC(=O)c1ccc(CN2CCCC2=O)cc1)c1ccc(Cl)cc1. The topological polar surface area (TPSA) is 49.4 Å². The van der Waals surface area contributed by atoms with Crippen molar-refractivity contribution in [3.63, 3.8) is 0 Å². The maximum atomic E-state index is 12.4. The lowest BCUT2D eigenvalue weighted by atomic mass is 10.1. The molecule has 2 amide bonds. The van der Waals surface area contributed by atoms with Gasteiger partial charge in [-0.3, -0.25) is 9.59 Å². The van der Waals surface area contributed by atoms with Crippen molar-refractivity contribution in [1.29, 1.82) is 0 Å². The van der Waals surface area contributed by atoms with Gasteiger partial charge >= 0.3 is 0 Å². The zero-order valence-electron chi connectivity index (χ0n) is 14.2. The molecule has 2 aromatic rings. The summed E-state index contributed by atoms with van der Waals surface area (Å²) in [5, 5.41) is 3.66. The maximum absolute atomic E-state index is 12.4. The lowest BCUT2D eigenvalue weighted by Crippen LogP contribution is -2.27. The van der Waals surface area contributed by atoms with Gasteiger partial charge in [-0.05, 0) is 48.7 Å². The molecule has 0 unspecified atom stereocenters. The Bertz CT molecular complexity index is 756. The van der Waals surface area contributed by atoms with Crippen molar-refractivity contribution in [2.45, 2.75) is 32.4 Å². The van der Waals surface area contributed by atoms with Crippen LogP contribution in [0.25, 0.3) is 0 Å². The van der Waals surface area contributed by atoms with Crippen molar-refractivity contribution in [2.75, 3.05) is 6.54 Å². The highest BCUT2D eigenvalue weighted by Crippen LogP contribution is 2.18. The summed E-state index contributed by atoms with van der Waals surface area (Å²) < 4.78 is 0. The number of halogens is 1. The van der Waals surface area contributed by atoms with E-state index >= 15 is 0 Å². The molecule has 4 nitrogen and oxygen atoms in total. The Labute approximate surface area is 152 Å². The Hall–Kier alpha value is -2.33. The molecule has 0 radical (unpaired) electrons. The smallest absolute Gasteiger partial charge is 0.251 e. The number of amides is 2.